The van der Waals surface area contributed by atoms with Gasteiger partial charge in [0.25, 0.3) is 0 Å². The van der Waals surface area contributed by atoms with E-state index in [9.17, 15) is 0 Å². The molecule has 0 fully saturated rings. The van der Waals surface area contributed by atoms with Gasteiger partial charge in [0.15, 0.2) is 0 Å². The smallest absolute Gasteiger partial charge is 0.0121 e. The Hall–Kier alpha value is -0.950. The number of allylic oxidation sites excluding steroid dienone is 1. The largest absolute Gasteiger partial charge is 0.0852 e. The predicted octanol–water partition coefficient (Wildman–Crippen LogP) is 3.09. The van der Waals surface area contributed by atoms with E-state index in [0.29, 0.717) is 0 Å². The minimum absolute atomic E-state index is 0.911. The molecule has 0 spiro atoms. The van der Waals surface area contributed by atoms with Crippen LogP contribution in [0.3, 0.4) is 0 Å². The molecule has 0 unspecified atom stereocenters. The summed E-state index contributed by atoms with van der Waals surface area (Å²) in [5.74, 6) is 0. The molecule has 0 saturated heterocycles. The Labute approximate surface area is 72.6 Å². The van der Waals surface area contributed by atoms with Crippen molar-refractivity contribution in [2.45, 2.75) is 6.92 Å². The number of hydrogen-bond donors (Lipinski definition) is 0. The average molecular weight is 162 g/mol. The lowest BCUT2D eigenvalue weighted by Crippen LogP contribution is -1.75. The monoisotopic (exact) mass is 162 g/mol. The van der Waals surface area contributed by atoms with Crippen molar-refractivity contribution in [1.29, 1.82) is 0 Å². The van der Waals surface area contributed by atoms with Gasteiger partial charge in [0.2, 0.25) is 0 Å². The topological polar surface area (TPSA) is 0 Å². The van der Waals surface area contributed by atoms with E-state index in [1.807, 2.05) is 37.3 Å². The molecule has 0 aromatic heterocycles. The standard InChI is InChI=1S/C10H10S/c1-9(11)7-8-10-5-3-2-4-6-10/h2-8H,1H3. The molecule has 0 atom stereocenters. The van der Waals surface area contributed by atoms with Crippen LogP contribution in [0, 0.1) is 0 Å². The van der Waals surface area contributed by atoms with Crippen LogP contribution in [0.4, 0.5) is 0 Å². The normalized spacial score (nSPS) is 10.3. The third-order valence-electron chi connectivity index (χ3n) is 1.31. The zero-order chi connectivity index (χ0) is 8.10. The van der Waals surface area contributed by atoms with Crippen molar-refractivity contribution in [2.75, 3.05) is 0 Å². The highest BCUT2D eigenvalue weighted by atomic mass is 32.1. The highest BCUT2D eigenvalue weighted by Gasteiger charge is 1.81. The summed E-state index contributed by atoms with van der Waals surface area (Å²) in [7, 11) is 0. The zero-order valence-electron chi connectivity index (χ0n) is 6.45. The van der Waals surface area contributed by atoms with E-state index in [1.54, 1.807) is 0 Å². The van der Waals surface area contributed by atoms with Crippen LogP contribution in [-0.2, 0) is 0 Å². The number of thiocarbonyl (C=S) groups is 1. The van der Waals surface area contributed by atoms with E-state index in [4.69, 9.17) is 12.2 Å². The van der Waals surface area contributed by atoms with Crippen LogP contribution >= 0.6 is 12.2 Å². The van der Waals surface area contributed by atoms with Gasteiger partial charge in [-0.15, -0.1) is 0 Å². The van der Waals surface area contributed by atoms with Gasteiger partial charge in [0, 0.05) is 4.86 Å². The van der Waals surface area contributed by atoms with Crippen LogP contribution in [0.25, 0.3) is 6.08 Å². The summed E-state index contributed by atoms with van der Waals surface area (Å²) in [6.07, 6.45) is 3.95. The summed E-state index contributed by atoms with van der Waals surface area (Å²) in [6.45, 7) is 1.91. The van der Waals surface area contributed by atoms with Crippen LogP contribution < -0.4 is 0 Å². The second-order valence-electron chi connectivity index (χ2n) is 2.35. The second kappa shape index (κ2) is 4.04. The van der Waals surface area contributed by atoms with Gasteiger partial charge in [-0.25, -0.2) is 0 Å². The van der Waals surface area contributed by atoms with Gasteiger partial charge in [-0.1, -0.05) is 48.6 Å². The molecule has 1 aromatic rings. The second-order valence-corrected chi connectivity index (χ2v) is 3.00. The Morgan fingerprint density at radius 1 is 1.27 bits per heavy atom. The Balaban J connectivity index is 2.72. The highest BCUT2D eigenvalue weighted by Crippen LogP contribution is 2.00. The summed E-state index contributed by atoms with van der Waals surface area (Å²) in [4.78, 5) is 0.911. The van der Waals surface area contributed by atoms with E-state index < -0.39 is 0 Å². The fourth-order valence-corrected chi connectivity index (χ4v) is 0.846. The first-order valence-corrected chi connectivity index (χ1v) is 3.93. The first-order valence-electron chi connectivity index (χ1n) is 3.53. The van der Waals surface area contributed by atoms with Gasteiger partial charge in [-0.3, -0.25) is 0 Å². The molecular weight excluding hydrogens is 152 g/mol. The lowest BCUT2D eigenvalue weighted by Gasteiger charge is -1.89. The summed E-state index contributed by atoms with van der Waals surface area (Å²) in [6, 6.07) is 10.1. The third kappa shape index (κ3) is 3.10. The van der Waals surface area contributed by atoms with Crippen LogP contribution in [0.15, 0.2) is 36.4 Å². The van der Waals surface area contributed by atoms with E-state index in [1.165, 1.54) is 5.56 Å². The van der Waals surface area contributed by atoms with Crippen molar-refractivity contribution in [3.8, 4) is 0 Å². The minimum atomic E-state index is 0.911. The Morgan fingerprint density at radius 3 is 2.45 bits per heavy atom. The Kier molecular flexibility index (Phi) is 2.99. The van der Waals surface area contributed by atoms with Gasteiger partial charge in [-0.05, 0) is 18.6 Å². The third-order valence-corrected chi connectivity index (χ3v) is 1.45. The van der Waals surface area contributed by atoms with Crippen molar-refractivity contribution in [3.63, 3.8) is 0 Å². The molecule has 0 N–H and O–H groups in total. The van der Waals surface area contributed by atoms with Gasteiger partial charge in [-0.2, -0.15) is 0 Å². The van der Waals surface area contributed by atoms with Crippen LogP contribution in [0.2, 0.25) is 0 Å². The highest BCUT2D eigenvalue weighted by molar-refractivity contribution is 7.80. The summed E-state index contributed by atoms with van der Waals surface area (Å²) in [5, 5.41) is 0. The predicted molar refractivity (Wildman–Crippen MR) is 53.7 cm³/mol. The quantitative estimate of drug-likeness (QED) is 0.475. The summed E-state index contributed by atoms with van der Waals surface area (Å²) < 4.78 is 0. The van der Waals surface area contributed by atoms with E-state index in [0.717, 1.165) is 4.86 Å². The van der Waals surface area contributed by atoms with Crippen molar-refractivity contribution in [2.24, 2.45) is 0 Å². The van der Waals surface area contributed by atoms with Gasteiger partial charge >= 0.3 is 0 Å². The average Bonchev–Trinajstić information content (AvgIpc) is 2.03. The molecule has 0 radical (unpaired) electrons. The Bertz CT molecular complexity index is 259. The minimum Gasteiger partial charge on any atom is -0.0852 e. The van der Waals surface area contributed by atoms with Crippen LogP contribution in [-0.4, -0.2) is 4.86 Å². The van der Waals surface area contributed by atoms with E-state index in [-0.39, 0.29) is 0 Å². The summed E-state index contributed by atoms with van der Waals surface area (Å²) in [5.41, 5.74) is 1.19. The molecular formula is C10H10S. The SMILES string of the molecule is CC(=S)C=Cc1ccccc1. The van der Waals surface area contributed by atoms with Crippen molar-refractivity contribution < 1.29 is 0 Å². The van der Waals surface area contributed by atoms with E-state index >= 15 is 0 Å². The maximum atomic E-state index is 4.91. The molecule has 0 bridgehead atoms. The molecule has 0 amide bonds. The molecule has 0 saturated carbocycles. The number of benzene rings is 1. The first-order chi connectivity index (χ1) is 5.29. The maximum absolute atomic E-state index is 4.91. The molecule has 0 heterocycles. The molecule has 1 heteroatoms. The Morgan fingerprint density at radius 2 is 1.91 bits per heavy atom. The number of rotatable bonds is 2. The van der Waals surface area contributed by atoms with Crippen molar-refractivity contribution in [3.05, 3.63) is 42.0 Å². The number of hydrogen-bond acceptors (Lipinski definition) is 1. The molecule has 11 heavy (non-hydrogen) atoms. The van der Waals surface area contributed by atoms with Gasteiger partial charge in [0.05, 0.1) is 0 Å². The van der Waals surface area contributed by atoms with Gasteiger partial charge < -0.3 is 0 Å². The molecule has 56 valence electrons. The zero-order valence-corrected chi connectivity index (χ0v) is 7.27. The molecule has 0 aliphatic rings. The molecule has 1 rings (SSSR count). The van der Waals surface area contributed by atoms with Crippen molar-refractivity contribution in [1.82, 2.24) is 0 Å². The fourth-order valence-electron chi connectivity index (χ4n) is 0.778. The molecule has 0 nitrogen and oxygen atoms in total. The van der Waals surface area contributed by atoms with Crippen molar-refractivity contribution >= 4 is 23.2 Å². The van der Waals surface area contributed by atoms with Gasteiger partial charge in [0.1, 0.15) is 0 Å². The summed E-state index contributed by atoms with van der Waals surface area (Å²) >= 11 is 4.91. The van der Waals surface area contributed by atoms with Crippen LogP contribution in [0.1, 0.15) is 12.5 Å². The lowest BCUT2D eigenvalue weighted by atomic mass is 10.2. The first kappa shape index (κ1) is 8.15. The molecule has 0 aliphatic heterocycles. The fraction of sp³-hybridized carbons (Fsp3) is 0.100. The molecule has 0 aliphatic carbocycles. The maximum Gasteiger partial charge on any atom is 0.0121 e. The lowest BCUT2D eigenvalue weighted by molar-refractivity contribution is 1.66. The molecule has 1 aromatic carbocycles. The van der Waals surface area contributed by atoms with E-state index in [2.05, 4.69) is 12.1 Å². The van der Waals surface area contributed by atoms with Crippen LogP contribution in [0.5, 0.6) is 0 Å².